The zero-order valence-corrected chi connectivity index (χ0v) is 17.4. The van der Waals surface area contributed by atoms with E-state index in [1.54, 1.807) is 23.8 Å². The van der Waals surface area contributed by atoms with E-state index in [2.05, 4.69) is 27.1 Å². The minimum absolute atomic E-state index is 0.134. The molecule has 1 fully saturated rings. The molecule has 158 valence electrons. The normalized spacial score (nSPS) is 15.1. The topological polar surface area (TPSA) is 75.9 Å². The number of aryl methyl sites for hydroxylation is 1. The molecular weight excluding hydrogens is 387 g/mol. The molecule has 3 aromatic rings. The van der Waals surface area contributed by atoms with Gasteiger partial charge in [-0.1, -0.05) is 19.1 Å². The highest BCUT2D eigenvalue weighted by Gasteiger charge is 2.27. The first-order valence-corrected chi connectivity index (χ1v) is 10.0. The van der Waals surface area contributed by atoms with Crippen LogP contribution in [0.3, 0.4) is 0 Å². The molecule has 0 aliphatic carbocycles. The number of benzene rings is 1. The number of halogens is 1. The van der Waals surface area contributed by atoms with E-state index < -0.39 is 0 Å². The minimum Gasteiger partial charge on any atom is -0.378 e. The lowest BCUT2D eigenvalue weighted by Gasteiger charge is -2.33. The third-order valence-corrected chi connectivity index (χ3v) is 5.56. The van der Waals surface area contributed by atoms with Crippen molar-refractivity contribution in [2.45, 2.75) is 20.5 Å². The van der Waals surface area contributed by atoms with Crippen molar-refractivity contribution in [2.75, 3.05) is 39.8 Å². The van der Waals surface area contributed by atoms with E-state index in [9.17, 15) is 9.18 Å². The van der Waals surface area contributed by atoms with Crippen LogP contribution in [0.15, 0.2) is 24.3 Å². The van der Waals surface area contributed by atoms with Crippen LogP contribution in [0.2, 0.25) is 0 Å². The van der Waals surface area contributed by atoms with E-state index in [1.165, 1.54) is 12.1 Å². The number of aromatic nitrogens is 4. The molecule has 0 unspecified atom stereocenters. The van der Waals surface area contributed by atoms with Crippen molar-refractivity contribution in [3.63, 3.8) is 0 Å². The first kappa shape index (κ1) is 20.4. The molecule has 0 N–H and O–H groups in total. The highest BCUT2D eigenvalue weighted by molar-refractivity contribution is 5.93. The molecule has 1 aromatic carbocycles. The third-order valence-electron chi connectivity index (χ3n) is 5.56. The van der Waals surface area contributed by atoms with Crippen LogP contribution in [-0.4, -0.2) is 75.4 Å². The van der Waals surface area contributed by atoms with Gasteiger partial charge in [0, 0.05) is 33.3 Å². The SMILES string of the molecule is CCN1CCN(C(=O)c2nnc3c(-c4ccc(F)cc4)c(COC)nn3c2C)CC1. The Hall–Kier alpha value is -2.91. The van der Waals surface area contributed by atoms with Crippen LogP contribution in [0.1, 0.15) is 28.8 Å². The molecule has 0 radical (unpaired) electrons. The van der Waals surface area contributed by atoms with Gasteiger partial charge in [0.15, 0.2) is 11.3 Å². The largest absolute Gasteiger partial charge is 0.378 e. The molecule has 8 nitrogen and oxygen atoms in total. The van der Waals surface area contributed by atoms with Gasteiger partial charge < -0.3 is 14.5 Å². The Morgan fingerprint density at radius 3 is 2.47 bits per heavy atom. The van der Waals surface area contributed by atoms with Crippen molar-refractivity contribution in [3.05, 3.63) is 47.2 Å². The van der Waals surface area contributed by atoms with Crippen LogP contribution in [0.4, 0.5) is 4.39 Å². The van der Waals surface area contributed by atoms with Crippen LogP contribution in [0, 0.1) is 12.7 Å². The molecule has 0 atom stereocenters. The Bertz CT molecular complexity index is 1060. The van der Waals surface area contributed by atoms with Gasteiger partial charge in [-0.3, -0.25) is 4.79 Å². The van der Waals surface area contributed by atoms with Gasteiger partial charge in [-0.15, -0.1) is 10.2 Å². The first-order valence-electron chi connectivity index (χ1n) is 10.0. The Balaban J connectivity index is 1.74. The number of hydrogen-bond acceptors (Lipinski definition) is 6. The predicted octanol–water partition coefficient (Wildman–Crippen LogP) is 2.16. The molecule has 9 heteroatoms. The van der Waals surface area contributed by atoms with Gasteiger partial charge in [0.1, 0.15) is 5.82 Å². The maximum absolute atomic E-state index is 13.4. The number of rotatable bonds is 5. The quantitative estimate of drug-likeness (QED) is 0.639. The molecule has 1 saturated heterocycles. The maximum atomic E-state index is 13.4. The Kier molecular flexibility index (Phi) is 5.74. The van der Waals surface area contributed by atoms with Gasteiger partial charge in [0.25, 0.3) is 5.91 Å². The number of piperazine rings is 1. The van der Waals surface area contributed by atoms with E-state index in [0.717, 1.165) is 30.8 Å². The van der Waals surface area contributed by atoms with Crippen LogP contribution >= 0.6 is 0 Å². The third kappa shape index (κ3) is 3.66. The standard InChI is InChI=1S/C21H25FN6O2/c1-4-26-9-11-27(12-10-26)21(29)19-14(2)28-20(24-23-19)18(17(25-28)13-30-3)15-5-7-16(22)8-6-15/h5-8H,4,9-13H2,1-3H3. The smallest absolute Gasteiger partial charge is 0.276 e. The second kappa shape index (κ2) is 8.45. The van der Waals surface area contributed by atoms with Crippen molar-refractivity contribution < 1.29 is 13.9 Å². The zero-order valence-electron chi connectivity index (χ0n) is 17.4. The van der Waals surface area contributed by atoms with Crippen molar-refractivity contribution in [1.82, 2.24) is 29.6 Å². The molecule has 1 amide bonds. The predicted molar refractivity (Wildman–Crippen MR) is 110 cm³/mol. The Labute approximate surface area is 174 Å². The van der Waals surface area contributed by atoms with E-state index in [4.69, 9.17) is 4.74 Å². The fourth-order valence-electron chi connectivity index (χ4n) is 3.81. The molecule has 0 saturated carbocycles. The summed E-state index contributed by atoms with van der Waals surface area (Å²) in [6.07, 6.45) is 0. The number of carbonyl (C=O) groups is 1. The number of hydrogen-bond donors (Lipinski definition) is 0. The second-order valence-corrected chi connectivity index (χ2v) is 7.36. The van der Waals surface area contributed by atoms with Crippen LogP contribution in [-0.2, 0) is 11.3 Å². The zero-order chi connectivity index (χ0) is 21.3. The summed E-state index contributed by atoms with van der Waals surface area (Å²) in [5.41, 5.74) is 3.57. The summed E-state index contributed by atoms with van der Waals surface area (Å²) in [6, 6.07) is 6.14. The Morgan fingerprint density at radius 1 is 1.13 bits per heavy atom. The van der Waals surface area contributed by atoms with Gasteiger partial charge in [-0.2, -0.15) is 5.10 Å². The van der Waals surface area contributed by atoms with Gasteiger partial charge in [-0.25, -0.2) is 8.91 Å². The van der Waals surface area contributed by atoms with Crippen LogP contribution in [0.5, 0.6) is 0 Å². The summed E-state index contributed by atoms with van der Waals surface area (Å²) in [6.45, 7) is 8.22. The van der Waals surface area contributed by atoms with E-state index in [0.29, 0.717) is 35.8 Å². The highest BCUT2D eigenvalue weighted by Crippen LogP contribution is 2.29. The van der Waals surface area contributed by atoms with E-state index in [1.807, 2.05) is 11.8 Å². The lowest BCUT2D eigenvalue weighted by Crippen LogP contribution is -2.48. The first-order chi connectivity index (χ1) is 14.5. The molecule has 0 bridgehead atoms. The van der Waals surface area contributed by atoms with E-state index in [-0.39, 0.29) is 18.3 Å². The van der Waals surface area contributed by atoms with Crippen LogP contribution < -0.4 is 0 Å². The summed E-state index contributed by atoms with van der Waals surface area (Å²) in [7, 11) is 1.59. The second-order valence-electron chi connectivity index (χ2n) is 7.36. The van der Waals surface area contributed by atoms with Crippen molar-refractivity contribution in [3.8, 4) is 11.1 Å². The lowest BCUT2D eigenvalue weighted by atomic mass is 10.1. The van der Waals surface area contributed by atoms with Crippen LogP contribution in [0.25, 0.3) is 16.8 Å². The average molecular weight is 412 g/mol. The van der Waals surface area contributed by atoms with Gasteiger partial charge in [0.05, 0.1) is 23.6 Å². The van der Waals surface area contributed by atoms with Gasteiger partial charge in [-0.05, 0) is 31.2 Å². The van der Waals surface area contributed by atoms with Crippen molar-refractivity contribution in [1.29, 1.82) is 0 Å². The summed E-state index contributed by atoms with van der Waals surface area (Å²) in [5.74, 6) is -0.452. The number of nitrogens with zero attached hydrogens (tertiary/aromatic N) is 6. The minimum atomic E-state index is -0.318. The van der Waals surface area contributed by atoms with Crippen molar-refractivity contribution >= 4 is 11.6 Å². The number of amides is 1. The summed E-state index contributed by atoms with van der Waals surface area (Å²) >= 11 is 0. The summed E-state index contributed by atoms with van der Waals surface area (Å²) < 4.78 is 20.3. The lowest BCUT2D eigenvalue weighted by molar-refractivity contribution is 0.0634. The molecule has 3 heterocycles. The van der Waals surface area contributed by atoms with Gasteiger partial charge >= 0.3 is 0 Å². The number of carbonyl (C=O) groups excluding carboxylic acids is 1. The number of likely N-dealkylation sites (N-methyl/N-ethyl adjacent to an activating group) is 1. The summed E-state index contributed by atoms with van der Waals surface area (Å²) in [4.78, 5) is 17.2. The van der Waals surface area contributed by atoms with E-state index >= 15 is 0 Å². The molecule has 2 aromatic heterocycles. The molecule has 1 aliphatic heterocycles. The monoisotopic (exact) mass is 412 g/mol. The molecule has 1 aliphatic rings. The molecule has 4 rings (SSSR count). The average Bonchev–Trinajstić information content (AvgIpc) is 3.13. The number of fused-ring (bicyclic) bond motifs is 1. The molecule has 0 spiro atoms. The number of methoxy groups -OCH3 is 1. The number of ether oxygens (including phenoxy) is 1. The van der Waals surface area contributed by atoms with Gasteiger partial charge in [0.2, 0.25) is 0 Å². The molecule has 30 heavy (non-hydrogen) atoms. The highest BCUT2D eigenvalue weighted by atomic mass is 19.1. The maximum Gasteiger partial charge on any atom is 0.276 e. The fraction of sp³-hybridized carbons (Fsp3) is 0.429. The Morgan fingerprint density at radius 2 is 1.83 bits per heavy atom. The van der Waals surface area contributed by atoms with Crippen molar-refractivity contribution in [2.24, 2.45) is 0 Å². The molecular formula is C21H25FN6O2. The summed E-state index contributed by atoms with van der Waals surface area (Å²) in [5, 5.41) is 13.2. The fourth-order valence-corrected chi connectivity index (χ4v) is 3.81.